The molecule has 0 bridgehead atoms. The van der Waals surface area contributed by atoms with Crippen molar-refractivity contribution in [2.75, 3.05) is 0 Å². The zero-order valence-corrected chi connectivity index (χ0v) is 11.5. The van der Waals surface area contributed by atoms with E-state index in [9.17, 15) is 13.6 Å². The van der Waals surface area contributed by atoms with Gasteiger partial charge in [0.05, 0.1) is 0 Å². The summed E-state index contributed by atoms with van der Waals surface area (Å²) in [5, 5.41) is 0. The smallest absolute Gasteiger partial charge is 0.159 e. The first-order chi connectivity index (χ1) is 8.87. The maximum absolute atomic E-state index is 13.1. The van der Waals surface area contributed by atoms with Crippen molar-refractivity contribution in [3.8, 4) is 0 Å². The molecule has 1 aliphatic rings. The fourth-order valence-electron chi connectivity index (χ4n) is 2.72. The lowest BCUT2D eigenvalue weighted by atomic mass is 9.71. The van der Waals surface area contributed by atoms with Gasteiger partial charge in [-0.25, -0.2) is 8.78 Å². The molecule has 3 heteroatoms. The Morgan fingerprint density at radius 3 is 2.42 bits per heavy atom. The predicted octanol–water partition coefficient (Wildman–Crippen LogP) is 4.29. The molecule has 0 amide bonds. The molecule has 19 heavy (non-hydrogen) atoms. The van der Waals surface area contributed by atoms with E-state index in [1.54, 1.807) is 0 Å². The molecule has 1 saturated carbocycles. The van der Waals surface area contributed by atoms with E-state index in [0.717, 1.165) is 37.8 Å². The number of hydrogen-bond acceptors (Lipinski definition) is 1. The van der Waals surface area contributed by atoms with Gasteiger partial charge in [0.15, 0.2) is 11.6 Å². The van der Waals surface area contributed by atoms with Gasteiger partial charge in [0, 0.05) is 12.3 Å². The van der Waals surface area contributed by atoms with Crippen molar-refractivity contribution in [1.29, 1.82) is 0 Å². The number of halogens is 2. The van der Waals surface area contributed by atoms with Gasteiger partial charge in [-0.15, -0.1) is 0 Å². The number of hydrogen-bond donors (Lipinski definition) is 0. The van der Waals surface area contributed by atoms with E-state index >= 15 is 0 Å². The summed E-state index contributed by atoms with van der Waals surface area (Å²) < 4.78 is 25.9. The zero-order valence-electron chi connectivity index (χ0n) is 11.5. The highest BCUT2D eigenvalue weighted by Gasteiger charge is 2.30. The van der Waals surface area contributed by atoms with Crippen molar-refractivity contribution in [2.45, 2.75) is 46.0 Å². The van der Waals surface area contributed by atoms with Gasteiger partial charge in [0.2, 0.25) is 0 Å². The molecule has 1 fully saturated rings. The summed E-state index contributed by atoms with van der Waals surface area (Å²) in [6.45, 7) is 4.45. The molecule has 0 aliphatic heterocycles. The minimum atomic E-state index is -0.880. The number of benzene rings is 1. The molecule has 1 aliphatic carbocycles. The van der Waals surface area contributed by atoms with Crippen LogP contribution in [-0.4, -0.2) is 5.78 Å². The van der Waals surface area contributed by atoms with Gasteiger partial charge >= 0.3 is 0 Å². The summed E-state index contributed by atoms with van der Waals surface area (Å²) in [7, 11) is 0. The van der Waals surface area contributed by atoms with Crippen molar-refractivity contribution in [2.24, 2.45) is 11.3 Å². The maximum Gasteiger partial charge on any atom is 0.159 e. The maximum atomic E-state index is 13.1. The Hall–Kier alpha value is -1.25. The Morgan fingerprint density at radius 2 is 1.84 bits per heavy atom. The highest BCUT2D eigenvalue weighted by atomic mass is 19.2. The van der Waals surface area contributed by atoms with Crippen LogP contribution in [-0.2, 0) is 11.2 Å². The van der Waals surface area contributed by atoms with Gasteiger partial charge in [0.1, 0.15) is 5.78 Å². The second-order valence-corrected chi connectivity index (χ2v) is 6.33. The molecule has 1 aromatic rings. The second-order valence-electron chi connectivity index (χ2n) is 6.33. The monoisotopic (exact) mass is 266 g/mol. The minimum Gasteiger partial charge on any atom is -0.299 e. The SMILES string of the molecule is CC1(C)CCC(C(=O)Cc2ccc(F)c(F)c2)CC1. The van der Waals surface area contributed by atoms with Crippen LogP contribution in [0.3, 0.4) is 0 Å². The second kappa shape index (κ2) is 5.40. The van der Waals surface area contributed by atoms with Gasteiger partial charge < -0.3 is 0 Å². The van der Waals surface area contributed by atoms with Crippen molar-refractivity contribution in [1.82, 2.24) is 0 Å². The molecule has 0 radical (unpaired) electrons. The van der Waals surface area contributed by atoms with Crippen molar-refractivity contribution < 1.29 is 13.6 Å². The van der Waals surface area contributed by atoms with Crippen LogP contribution < -0.4 is 0 Å². The summed E-state index contributed by atoms with van der Waals surface area (Å²) >= 11 is 0. The van der Waals surface area contributed by atoms with Gasteiger partial charge in [-0.1, -0.05) is 19.9 Å². The molecule has 0 aromatic heterocycles. The first-order valence-corrected chi connectivity index (χ1v) is 6.84. The number of ketones is 1. The lowest BCUT2D eigenvalue weighted by molar-refractivity contribution is -0.123. The van der Waals surface area contributed by atoms with Crippen LogP contribution in [0, 0.1) is 23.0 Å². The van der Waals surface area contributed by atoms with E-state index in [1.807, 2.05) is 0 Å². The topological polar surface area (TPSA) is 17.1 Å². The van der Waals surface area contributed by atoms with Gasteiger partial charge in [-0.2, -0.15) is 0 Å². The van der Waals surface area contributed by atoms with E-state index in [1.165, 1.54) is 6.07 Å². The van der Waals surface area contributed by atoms with E-state index in [0.29, 0.717) is 11.0 Å². The summed E-state index contributed by atoms with van der Waals surface area (Å²) in [5.74, 6) is -1.51. The zero-order chi connectivity index (χ0) is 14.0. The fraction of sp³-hybridized carbons (Fsp3) is 0.562. The highest BCUT2D eigenvalue weighted by molar-refractivity contribution is 5.83. The first kappa shape index (κ1) is 14.2. The third-order valence-corrected chi connectivity index (χ3v) is 4.16. The number of Topliss-reactive ketones (excluding diaryl/α,β-unsaturated/α-hetero) is 1. The number of carbonyl (C=O) groups is 1. The largest absolute Gasteiger partial charge is 0.299 e. The lowest BCUT2D eigenvalue weighted by Gasteiger charge is -2.33. The standard InChI is InChI=1S/C16H20F2O/c1-16(2)7-5-12(6-8-16)15(19)10-11-3-4-13(17)14(18)9-11/h3-4,9,12H,5-8,10H2,1-2H3. The van der Waals surface area contributed by atoms with E-state index < -0.39 is 11.6 Å². The Kier molecular flexibility index (Phi) is 4.02. The first-order valence-electron chi connectivity index (χ1n) is 6.84. The van der Waals surface area contributed by atoms with Crippen LogP contribution in [0.25, 0.3) is 0 Å². The Labute approximate surface area is 113 Å². The van der Waals surface area contributed by atoms with Crippen LogP contribution in [0.4, 0.5) is 8.78 Å². The van der Waals surface area contributed by atoms with Crippen LogP contribution in [0.5, 0.6) is 0 Å². The molecular weight excluding hydrogens is 246 g/mol. The van der Waals surface area contributed by atoms with Gasteiger partial charge in [-0.05, 0) is 48.8 Å². The summed E-state index contributed by atoms with van der Waals surface area (Å²) in [6, 6.07) is 3.70. The Bertz CT molecular complexity index is 470. The molecule has 1 nitrogen and oxygen atoms in total. The van der Waals surface area contributed by atoms with Crippen LogP contribution in [0.2, 0.25) is 0 Å². The molecule has 1 aromatic carbocycles. The Morgan fingerprint density at radius 1 is 1.21 bits per heavy atom. The molecule has 2 rings (SSSR count). The minimum absolute atomic E-state index is 0.0844. The lowest BCUT2D eigenvalue weighted by Crippen LogP contribution is -2.27. The molecule has 0 spiro atoms. The molecule has 0 N–H and O–H groups in total. The predicted molar refractivity (Wildman–Crippen MR) is 70.8 cm³/mol. The van der Waals surface area contributed by atoms with Crippen molar-refractivity contribution in [3.05, 3.63) is 35.4 Å². The van der Waals surface area contributed by atoms with Crippen molar-refractivity contribution in [3.63, 3.8) is 0 Å². The molecule has 0 unspecified atom stereocenters. The molecule has 0 saturated heterocycles. The number of carbonyl (C=O) groups excluding carboxylic acids is 1. The highest BCUT2D eigenvalue weighted by Crippen LogP contribution is 2.38. The summed E-state index contributed by atoms with van der Waals surface area (Å²) in [6.07, 6.45) is 4.15. The van der Waals surface area contributed by atoms with Gasteiger partial charge in [-0.3, -0.25) is 4.79 Å². The molecule has 0 heterocycles. The normalized spacial score (nSPS) is 19.4. The molecule has 104 valence electrons. The third kappa shape index (κ3) is 3.62. The van der Waals surface area contributed by atoms with Crippen molar-refractivity contribution >= 4 is 5.78 Å². The summed E-state index contributed by atoms with van der Waals surface area (Å²) in [5.41, 5.74) is 0.896. The average molecular weight is 266 g/mol. The number of rotatable bonds is 3. The average Bonchev–Trinajstić information content (AvgIpc) is 2.33. The van der Waals surface area contributed by atoms with E-state index in [2.05, 4.69) is 13.8 Å². The summed E-state index contributed by atoms with van der Waals surface area (Å²) in [4.78, 5) is 12.2. The third-order valence-electron chi connectivity index (χ3n) is 4.16. The van der Waals surface area contributed by atoms with Crippen LogP contribution >= 0.6 is 0 Å². The Balaban J connectivity index is 1.96. The fourth-order valence-corrected chi connectivity index (χ4v) is 2.72. The van der Waals surface area contributed by atoms with Gasteiger partial charge in [0.25, 0.3) is 0 Å². The van der Waals surface area contributed by atoms with E-state index in [4.69, 9.17) is 0 Å². The molecular formula is C16H20F2O. The quantitative estimate of drug-likeness (QED) is 0.797. The van der Waals surface area contributed by atoms with Crippen LogP contribution in [0.1, 0.15) is 45.1 Å². The van der Waals surface area contributed by atoms with Crippen LogP contribution in [0.15, 0.2) is 18.2 Å². The van der Waals surface area contributed by atoms with E-state index in [-0.39, 0.29) is 18.1 Å². The molecule has 0 atom stereocenters.